The summed E-state index contributed by atoms with van der Waals surface area (Å²) in [6.07, 6.45) is 5.22. The summed E-state index contributed by atoms with van der Waals surface area (Å²) in [5.74, 6) is 0. The van der Waals surface area contributed by atoms with Gasteiger partial charge >= 0.3 is 0 Å². The van der Waals surface area contributed by atoms with Crippen molar-refractivity contribution in [2.45, 2.75) is 32.2 Å². The van der Waals surface area contributed by atoms with Crippen molar-refractivity contribution in [2.75, 3.05) is 0 Å². The molecule has 0 unspecified atom stereocenters. The van der Waals surface area contributed by atoms with E-state index < -0.39 is 0 Å². The van der Waals surface area contributed by atoms with Crippen molar-refractivity contribution in [2.24, 2.45) is 12.8 Å². The van der Waals surface area contributed by atoms with E-state index in [2.05, 4.69) is 34.0 Å². The van der Waals surface area contributed by atoms with Gasteiger partial charge in [-0.1, -0.05) is 12.5 Å². The van der Waals surface area contributed by atoms with Gasteiger partial charge in [0.15, 0.2) is 0 Å². The highest BCUT2D eigenvalue weighted by atomic mass is 79.9. The van der Waals surface area contributed by atoms with Gasteiger partial charge in [0.25, 0.3) is 0 Å². The lowest BCUT2D eigenvalue weighted by molar-refractivity contribution is 0.546. The molecule has 1 aliphatic carbocycles. The minimum atomic E-state index is 0.369. The molecule has 3 nitrogen and oxygen atoms in total. The molecule has 0 radical (unpaired) electrons. The number of hydrogen-bond acceptors (Lipinski definition) is 2. The fraction of sp³-hybridized carbons (Fsp3) is 0.545. The highest BCUT2D eigenvalue weighted by Gasteiger charge is 2.20. The lowest BCUT2D eigenvalue weighted by atomic mass is 9.86. The minimum Gasteiger partial charge on any atom is -0.327 e. The second-order valence-corrected chi connectivity index (χ2v) is 4.89. The van der Waals surface area contributed by atoms with Gasteiger partial charge in [0, 0.05) is 13.1 Å². The molecule has 0 saturated heterocycles. The fourth-order valence-electron chi connectivity index (χ4n) is 1.88. The van der Waals surface area contributed by atoms with Crippen LogP contribution in [0.15, 0.2) is 10.0 Å². The minimum absolute atomic E-state index is 0.369. The van der Waals surface area contributed by atoms with Crippen molar-refractivity contribution >= 4 is 22.0 Å². The second-order valence-electron chi connectivity index (χ2n) is 4.09. The Bertz CT molecular complexity index is 398. The highest BCUT2D eigenvalue weighted by molar-refractivity contribution is 9.10. The third-order valence-electron chi connectivity index (χ3n) is 2.82. The molecule has 0 bridgehead atoms. The molecule has 4 heteroatoms. The molecule has 2 rings (SSSR count). The van der Waals surface area contributed by atoms with Crippen LogP contribution in [0.3, 0.4) is 0 Å². The summed E-state index contributed by atoms with van der Waals surface area (Å²) in [6, 6.07) is 0.369. The summed E-state index contributed by atoms with van der Waals surface area (Å²) in [6.45, 7) is 2.11. The molecule has 1 aromatic heterocycles. The average molecular weight is 270 g/mol. The van der Waals surface area contributed by atoms with Crippen LogP contribution >= 0.6 is 15.9 Å². The molecular formula is C11H16BrN3. The molecule has 1 saturated carbocycles. The maximum Gasteiger partial charge on any atom is 0.0770 e. The van der Waals surface area contributed by atoms with Gasteiger partial charge in [-0.25, -0.2) is 0 Å². The molecular weight excluding hydrogens is 254 g/mol. The van der Waals surface area contributed by atoms with Crippen molar-refractivity contribution < 1.29 is 0 Å². The first-order valence-corrected chi connectivity index (χ1v) is 6.07. The SMILES string of the molecule is CCc1nn(C)c(C=C2CC(N)C2)c1Br. The third kappa shape index (κ3) is 2.01. The summed E-state index contributed by atoms with van der Waals surface area (Å²) in [5, 5.41) is 4.45. The number of hydrogen-bond donors (Lipinski definition) is 1. The summed E-state index contributed by atoms with van der Waals surface area (Å²) in [7, 11) is 1.98. The molecule has 1 fully saturated rings. The van der Waals surface area contributed by atoms with Crippen LogP contribution in [-0.2, 0) is 13.5 Å². The standard InChI is InChI=1S/C11H16BrN3/c1-3-9-11(12)10(15(2)14-9)6-7-4-8(13)5-7/h6,8H,3-5,13H2,1-2H3. The lowest BCUT2D eigenvalue weighted by Crippen LogP contribution is -2.30. The third-order valence-corrected chi connectivity index (χ3v) is 3.69. The Hall–Kier alpha value is -0.610. The Balaban J connectivity index is 2.28. The molecule has 1 aromatic rings. The summed E-state index contributed by atoms with van der Waals surface area (Å²) in [5.41, 5.74) is 9.46. The highest BCUT2D eigenvalue weighted by Crippen LogP contribution is 2.30. The molecule has 82 valence electrons. The van der Waals surface area contributed by atoms with Gasteiger partial charge in [-0.2, -0.15) is 5.10 Å². The Morgan fingerprint density at radius 3 is 2.73 bits per heavy atom. The van der Waals surface area contributed by atoms with Gasteiger partial charge in [0.2, 0.25) is 0 Å². The van der Waals surface area contributed by atoms with Gasteiger partial charge in [-0.15, -0.1) is 0 Å². The normalized spacial score (nSPS) is 20.3. The lowest BCUT2D eigenvalue weighted by Gasteiger charge is -2.25. The van der Waals surface area contributed by atoms with E-state index in [-0.39, 0.29) is 0 Å². The van der Waals surface area contributed by atoms with Crippen LogP contribution in [0.2, 0.25) is 0 Å². The number of nitrogens with zero attached hydrogens (tertiary/aromatic N) is 2. The van der Waals surface area contributed by atoms with Crippen molar-refractivity contribution in [3.8, 4) is 0 Å². The van der Waals surface area contributed by atoms with Crippen LogP contribution in [0.1, 0.15) is 31.2 Å². The Kier molecular flexibility index (Phi) is 2.98. The number of nitrogens with two attached hydrogens (primary N) is 1. The van der Waals surface area contributed by atoms with Gasteiger partial charge in [-0.3, -0.25) is 4.68 Å². The smallest absolute Gasteiger partial charge is 0.0770 e. The van der Waals surface area contributed by atoms with Crippen molar-refractivity contribution in [1.82, 2.24) is 9.78 Å². The molecule has 0 aromatic carbocycles. The average Bonchev–Trinajstić information content (AvgIpc) is 2.42. The Morgan fingerprint density at radius 1 is 1.60 bits per heavy atom. The van der Waals surface area contributed by atoms with E-state index in [0.717, 1.165) is 35.1 Å². The second kappa shape index (κ2) is 4.10. The van der Waals surface area contributed by atoms with Gasteiger partial charge in [0.1, 0.15) is 0 Å². The van der Waals surface area contributed by atoms with Crippen LogP contribution in [0.25, 0.3) is 6.08 Å². The first-order chi connectivity index (χ1) is 7.11. The first-order valence-electron chi connectivity index (χ1n) is 5.28. The fourth-order valence-corrected chi connectivity index (χ4v) is 2.61. The van der Waals surface area contributed by atoms with Crippen molar-refractivity contribution in [1.29, 1.82) is 0 Å². The Morgan fingerprint density at radius 2 is 2.27 bits per heavy atom. The Labute approximate surface area is 98.5 Å². The predicted octanol–water partition coefficient (Wildman–Crippen LogP) is 2.25. The predicted molar refractivity (Wildman–Crippen MR) is 65.5 cm³/mol. The van der Waals surface area contributed by atoms with E-state index in [1.165, 1.54) is 5.57 Å². The van der Waals surface area contributed by atoms with E-state index in [0.29, 0.717) is 6.04 Å². The molecule has 0 atom stereocenters. The maximum atomic E-state index is 5.76. The number of rotatable bonds is 2. The molecule has 2 N–H and O–H groups in total. The van der Waals surface area contributed by atoms with Crippen molar-refractivity contribution in [3.05, 3.63) is 21.4 Å². The van der Waals surface area contributed by atoms with Gasteiger partial charge < -0.3 is 5.73 Å². The summed E-state index contributed by atoms with van der Waals surface area (Å²) in [4.78, 5) is 0. The number of halogens is 1. The van der Waals surface area contributed by atoms with Gasteiger partial charge in [0.05, 0.1) is 15.9 Å². The summed E-state index contributed by atoms with van der Waals surface area (Å²) >= 11 is 3.60. The molecule has 1 heterocycles. The van der Waals surface area contributed by atoms with Crippen molar-refractivity contribution in [3.63, 3.8) is 0 Å². The van der Waals surface area contributed by atoms with E-state index in [1.54, 1.807) is 0 Å². The molecule has 0 aliphatic heterocycles. The van der Waals surface area contributed by atoms with Crippen LogP contribution in [0, 0.1) is 0 Å². The number of aromatic nitrogens is 2. The zero-order chi connectivity index (χ0) is 11.0. The van der Waals surface area contributed by atoms with E-state index in [9.17, 15) is 0 Å². The first kappa shape index (κ1) is 10.9. The quantitative estimate of drug-likeness (QED) is 0.895. The molecule has 0 amide bonds. The summed E-state index contributed by atoms with van der Waals surface area (Å²) < 4.78 is 3.06. The van der Waals surface area contributed by atoms with E-state index >= 15 is 0 Å². The van der Waals surface area contributed by atoms with E-state index in [1.807, 2.05) is 11.7 Å². The largest absolute Gasteiger partial charge is 0.327 e. The van der Waals surface area contributed by atoms with Gasteiger partial charge in [-0.05, 0) is 41.3 Å². The molecule has 0 spiro atoms. The number of aryl methyl sites for hydroxylation is 2. The van der Waals surface area contributed by atoms with Crippen LogP contribution in [0.4, 0.5) is 0 Å². The topological polar surface area (TPSA) is 43.8 Å². The molecule has 1 aliphatic rings. The zero-order valence-corrected chi connectivity index (χ0v) is 10.7. The van der Waals surface area contributed by atoms with Crippen LogP contribution < -0.4 is 5.73 Å². The molecule has 15 heavy (non-hydrogen) atoms. The van der Waals surface area contributed by atoms with E-state index in [4.69, 9.17) is 5.73 Å². The van der Waals surface area contributed by atoms with Crippen LogP contribution in [-0.4, -0.2) is 15.8 Å². The monoisotopic (exact) mass is 269 g/mol. The maximum absolute atomic E-state index is 5.76. The zero-order valence-electron chi connectivity index (χ0n) is 9.13. The van der Waals surface area contributed by atoms with Crippen LogP contribution in [0.5, 0.6) is 0 Å².